The summed E-state index contributed by atoms with van der Waals surface area (Å²) in [6, 6.07) is 5.15. The molecule has 20 heteroatoms. The topological polar surface area (TPSA) is 268 Å². The number of carbonyl (C=O) groups is 4. The van der Waals surface area contributed by atoms with E-state index in [0.717, 1.165) is 18.3 Å². The minimum atomic E-state index is -0.791. The Balaban J connectivity index is 1.45. The van der Waals surface area contributed by atoms with Crippen molar-refractivity contribution in [1.29, 1.82) is 0 Å². The summed E-state index contributed by atoms with van der Waals surface area (Å²) < 4.78 is 4.42. The molecule has 0 aliphatic carbocycles. The maximum absolute atomic E-state index is 13.7. The number of aryl methyl sites for hydroxylation is 4. The first-order valence-corrected chi connectivity index (χ1v) is 18.2. The first-order chi connectivity index (χ1) is 27.5. The number of carbonyl (C=O) groups excluding carboxylic acids is 4. The Kier molecular flexibility index (Phi) is 14.4. The number of unbranched alkanes of at least 4 members (excludes halogenated alkanes) is 1. The van der Waals surface area contributed by atoms with Gasteiger partial charge in [-0.05, 0) is 49.9 Å². The third-order valence-electron chi connectivity index (χ3n) is 9.38. The summed E-state index contributed by atoms with van der Waals surface area (Å²) in [4.78, 5) is 104. The second kappa shape index (κ2) is 19.2. The number of nitrogens with one attached hydrogen (secondary N) is 2. The van der Waals surface area contributed by atoms with Crippen molar-refractivity contribution in [3.8, 4) is 23.0 Å². The molecule has 0 aliphatic rings. The molecule has 6 N–H and O–H groups in total. The van der Waals surface area contributed by atoms with E-state index < -0.39 is 68.9 Å². The Hall–Kier alpha value is -7.12. The summed E-state index contributed by atoms with van der Waals surface area (Å²) in [5, 5.41) is 46.5. The van der Waals surface area contributed by atoms with E-state index in [2.05, 4.69) is 10.6 Å². The van der Waals surface area contributed by atoms with E-state index in [0.29, 0.717) is 0 Å². The molecule has 20 nitrogen and oxygen atoms in total. The lowest BCUT2D eigenvalue weighted by molar-refractivity contribution is 0.0714. The summed E-state index contributed by atoms with van der Waals surface area (Å²) in [6.07, 6.45) is 6.22. The van der Waals surface area contributed by atoms with E-state index in [9.17, 15) is 58.8 Å². The van der Waals surface area contributed by atoms with Gasteiger partial charge < -0.3 is 59.1 Å². The molecule has 0 spiro atoms. The van der Waals surface area contributed by atoms with Gasteiger partial charge >= 0.3 is 0 Å². The Morgan fingerprint density at radius 3 is 1.03 bits per heavy atom. The minimum absolute atomic E-state index is 0.0131. The van der Waals surface area contributed by atoms with E-state index in [1.165, 1.54) is 87.0 Å². The lowest BCUT2D eigenvalue weighted by atomic mass is 10.1. The summed E-state index contributed by atoms with van der Waals surface area (Å²) in [6.45, 7) is 0.211. The molecule has 58 heavy (non-hydrogen) atoms. The number of aromatic nitrogens is 4. The zero-order valence-electron chi connectivity index (χ0n) is 32.4. The van der Waals surface area contributed by atoms with Crippen LogP contribution in [0.3, 0.4) is 0 Å². The Labute approximate surface area is 330 Å². The van der Waals surface area contributed by atoms with Crippen molar-refractivity contribution in [3.05, 3.63) is 113 Å². The van der Waals surface area contributed by atoms with Crippen LogP contribution in [0.25, 0.3) is 0 Å². The molecule has 0 saturated carbocycles. The highest BCUT2D eigenvalue weighted by atomic mass is 16.3. The number of amides is 4. The maximum Gasteiger partial charge on any atom is 0.293 e. The molecule has 0 bridgehead atoms. The van der Waals surface area contributed by atoms with E-state index >= 15 is 0 Å². The molecule has 0 aliphatic heterocycles. The molecule has 0 unspecified atom stereocenters. The van der Waals surface area contributed by atoms with Gasteiger partial charge in [0, 0.05) is 92.2 Å². The van der Waals surface area contributed by atoms with Gasteiger partial charge in [-0.3, -0.25) is 38.4 Å². The summed E-state index contributed by atoms with van der Waals surface area (Å²) in [7, 11) is 5.64. The fourth-order valence-electron chi connectivity index (χ4n) is 5.88. The summed E-state index contributed by atoms with van der Waals surface area (Å²) in [5.74, 6) is -5.73. The highest BCUT2D eigenvalue weighted by molar-refractivity contribution is 5.98. The average Bonchev–Trinajstić information content (AvgIpc) is 3.19. The molecule has 0 atom stereocenters. The summed E-state index contributed by atoms with van der Waals surface area (Å²) in [5.41, 5.74) is -4.05. The van der Waals surface area contributed by atoms with E-state index in [1.54, 1.807) is 0 Å². The molecule has 4 heterocycles. The smallest absolute Gasteiger partial charge is 0.293 e. The molecule has 310 valence electrons. The second-order valence-electron chi connectivity index (χ2n) is 13.5. The lowest BCUT2D eigenvalue weighted by Gasteiger charge is -2.26. The van der Waals surface area contributed by atoms with Crippen molar-refractivity contribution in [3.63, 3.8) is 0 Å². The highest BCUT2D eigenvalue weighted by Crippen LogP contribution is 2.18. The largest absolute Gasteiger partial charge is 0.502 e. The van der Waals surface area contributed by atoms with Crippen LogP contribution in [0.2, 0.25) is 0 Å². The van der Waals surface area contributed by atoms with Crippen LogP contribution in [0.1, 0.15) is 67.1 Å². The van der Waals surface area contributed by atoms with Crippen LogP contribution in [0, 0.1) is 0 Å². The third kappa shape index (κ3) is 10.00. The van der Waals surface area contributed by atoms with Gasteiger partial charge in [-0.2, -0.15) is 0 Å². The fraction of sp³-hybridized carbons (Fsp3) is 0.368. The van der Waals surface area contributed by atoms with E-state index in [1.807, 2.05) is 0 Å². The fourth-order valence-corrected chi connectivity index (χ4v) is 5.88. The molecule has 0 saturated heterocycles. The van der Waals surface area contributed by atoms with E-state index in [-0.39, 0.29) is 87.2 Å². The molecule has 4 rings (SSSR count). The van der Waals surface area contributed by atoms with Gasteiger partial charge in [0.1, 0.15) is 0 Å². The Morgan fingerprint density at radius 2 is 0.724 bits per heavy atom. The van der Waals surface area contributed by atoms with Crippen LogP contribution in [0.5, 0.6) is 23.0 Å². The van der Waals surface area contributed by atoms with Crippen molar-refractivity contribution in [2.75, 3.05) is 39.3 Å². The van der Waals surface area contributed by atoms with Crippen LogP contribution in [0.15, 0.2) is 68.2 Å². The number of aromatic hydroxyl groups is 4. The quantitative estimate of drug-likeness (QED) is 0.0725. The van der Waals surface area contributed by atoms with Gasteiger partial charge in [0.15, 0.2) is 23.0 Å². The molecule has 0 fully saturated rings. The second-order valence-corrected chi connectivity index (χ2v) is 13.5. The standard InChI is InChI=1S/C38H46N8O12/c1-41-19-9-23(27(47)35(41)55)31(51)39-13-7-17-45(33(53)25-11-21-43(3)37(57)29(25)49)15-5-6-16-46(34(54)26-12-22-44(4)38(58)30(26)50)18-8-14-40-32(52)24-10-20-42(2)36(56)28(24)48/h9-12,19-22,47-50H,5-8,13-18H2,1-4H3,(H,39,51)(H,40,52). The zero-order valence-corrected chi connectivity index (χ0v) is 32.4. The average molecular weight is 807 g/mol. The van der Waals surface area contributed by atoms with Crippen molar-refractivity contribution >= 4 is 23.6 Å². The predicted molar refractivity (Wildman–Crippen MR) is 208 cm³/mol. The Morgan fingerprint density at radius 1 is 0.466 bits per heavy atom. The summed E-state index contributed by atoms with van der Waals surface area (Å²) >= 11 is 0. The molecule has 0 aromatic carbocycles. The van der Waals surface area contributed by atoms with Gasteiger partial charge in [0.25, 0.3) is 45.9 Å². The molecule has 4 amide bonds. The zero-order chi connectivity index (χ0) is 42.8. The predicted octanol–water partition coefficient (Wildman–Crippen LogP) is -0.691. The van der Waals surface area contributed by atoms with Gasteiger partial charge in [-0.1, -0.05) is 0 Å². The number of hydrogen-bond acceptors (Lipinski definition) is 12. The van der Waals surface area contributed by atoms with E-state index in [4.69, 9.17) is 0 Å². The molecular weight excluding hydrogens is 760 g/mol. The van der Waals surface area contributed by atoms with Crippen molar-refractivity contribution in [1.82, 2.24) is 38.7 Å². The van der Waals surface area contributed by atoms with Crippen LogP contribution in [-0.4, -0.2) is 111 Å². The van der Waals surface area contributed by atoms with Gasteiger partial charge in [0.05, 0.1) is 22.3 Å². The molecule has 4 aromatic rings. The van der Waals surface area contributed by atoms with Gasteiger partial charge in [0.2, 0.25) is 0 Å². The number of pyridine rings is 4. The number of nitrogens with zero attached hydrogens (tertiary/aromatic N) is 6. The van der Waals surface area contributed by atoms with Crippen LogP contribution in [-0.2, 0) is 28.2 Å². The van der Waals surface area contributed by atoms with Crippen molar-refractivity contribution in [2.24, 2.45) is 28.2 Å². The van der Waals surface area contributed by atoms with Gasteiger partial charge in [-0.15, -0.1) is 0 Å². The molecular formula is C38H46N8O12. The van der Waals surface area contributed by atoms with Crippen molar-refractivity contribution < 1.29 is 39.6 Å². The molecule has 4 aromatic heterocycles. The highest BCUT2D eigenvalue weighted by Gasteiger charge is 2.24. The van der Waals surface area contributed by atoms with Gasteiger partial charge in [-0.25, -0.2) is 0 Å². The first kappa shape index (κ1) is 43.6. The SMILES string of the molecule is Cn1ccc(C(=O)NCCCN(CCCCN(CCCNC(=O)c2ccn(C)c(=O)c2O)C(=O)c2ccn(C)c(=O)c2O)C(=O)c2ccn(C)c(=O)c2O)c(O)c1=O. The number of hydrogen-bond donors (Lipinski definition) is 6. The Bertz CT molecular complexity index is 2280. The maximum atomic E-state index is 13.7. The minimum Gasteiger partial charge on any atom is -0.502 e. The van der Waals surface area contributed by atoms with Crippen LogP contribution < -0.4 is 32.9 Å². The first-order valence-electron chi connectivity index (χ1n) is 18.2. The third-order valence-corrected chi connectivity index (χ3v) is 9.38. The number of rotatable bonds is 17. The monoisotopic (exact) mass is 806 g/mol. The van der Waals surface area contributed by atoms with Crippen molar-refractivity contribution in [2.45, 2.75) is 25.7 Å². The van der Waals surface area contributed by atoms with Crippen LogP contribution >= 0.6 is 0 Å². The van der Waals surface area contributed by atoms with Crippen LogP contribution in [0.4, 0.5) is 0 Å². The normalized spacial score (nSPS) is 10.9. The lowest BCUT2D eigenvalue weighted by Crippen LogP contribution is -2.38. The molecule has 0 radical (unpaired) electrons.